The van der Waals surface area contributed by atoms with Gasteiger partial charge in [0.2, 0.25) is 0 Å². The molecule has 0 fully saturated rings. The molecule has 0 saturated carbocycles. The van der Waals surface area contributed by atoms with E-state index in [4.69, 9.17) is 0 Å². The summed E-state index contributed by atoms with van der Waals surface area (Å²) < 4.78 is 4.99. The summed E-state index contributed by atoms with van der Waals surface area (Å²) in [4.78, 5) is 0. The Morgan fingerprint density at radius 1 is 0.318 bits per heavy atom. The molecule has 0 atom stereocenters. The molecule has 0 amide bonds. The number of rotatable bonds is 3. The Balaban J connectivity index is 1.43. The summed E-state index contributed by atoms with van der Waals surface area (Å²) in [6.07, 6.45) is 0. The number of benzene rings is 7. The van der Waals surface area contributed by atoms with Crippen molar-refractivity contribution >= 4 is 59.9 Å². The first kappa shape index (κ1) is 23.7. The maximum atomic E-state index is 2.50. The number of hydrogen-bond donors (Lipinski definition) is 0. The highest BCUT2D eigenvalue weighted by Gasteiger charge is 2.23. The third-order valence-corrected chi connectivity index (χ3v) is 9.41. The molecule has 10 rings (SSSR count). The number of hydrogen-bond acceptors (Lipinski definition) is 0. The molecule has 0 saturated heterocycles. The van der Waals surface area contributed by atoms with Crippen LogP contribution >= 0.6 is 0 Å². The maximum Gasteiger partial charge on any atom is 0.0641 e. The lowest BCUT2D eigenvalue weighted by Crippen LogP contribution is -1.96. The lowest BCUT2D eigenvalue weighted by Gasteiger charge is -2.14. The van der Waals surface area contributed by atoms with Gasteiger partial charge in [0.05, 0.1) is 27.6 Å². The van der Waals surface area contributed by atoms with Gasteiger partial charge in [0.1, 0.15) is 0 Å². The summed E-state index contributed by atoms with van der Waals surface area (Å²) in [5, 5.41) is 7.75. The van der Waals surface area contributed by atoms with Crippen LogP contribution in [0.3, 0.4) is 0 Å². The van der Waals surface area contributed by atoms with Crippen LogP contribution in [-0.2, 0) is 0 Å². The van der Waals surface area contributed by atoms with E-state index < -0.39 is 0 Å². The second-order valence-electron chi connectivity index (χ2n) is 11.8. The summed E-state index contributed by atoms with van der Waals surface area (Å²) in [5.41, 5.74) is 12.2. The molecule has 10 aromatic rings. The van der Waals surface area contributed by atoms with Crippen LogP contribution in [0.2, 0.25) is 0 Å². The zero-order chi connectivity index (χ0) is 28.8. The molecule has 0 aliphatic heterocycles. The molecule has 0 spiro atoms. The zero-order valence-corrected chi connectivity index (χ0v) is 23.9. The van der Waals surface area contributed by atoms with Gasteiger partial charge in [-0.05, 0) is 70.1 Å². The van der Waals surface area contributed by atoms with Crippen molar-refractivity contribution in [1.29, 1.82) is 0 Å². The Morgan fingerprint density at radius 2 is 0.841 bits per heavy atom. The lowest BCUT2D eigenvalue weighted by molar-refractivity contribution is 1.18. The van der Waals surface area contributed by atoms with Crippen LogP contribution in [0, 0.1) is 0 Å². The van der Waals surface area contributed by atoms with Crippen molar-refractivity contribution in [1.82, 2.24) is 8.97 Å². The molecule has 0 unspecified atom stereocenters. The second kappa shape index (κ2) is 8.82. The van der Waals surface area contributed by atoms with Gasteiger partial charge in [-0.15, -0.1) is 0 Å². The predicted octanol–water partition coefficient (Wildman–Crippen LogP) is 11.3. The lowest BCUT2D eigenvalue weighted by atomic mass is 9.98. The van der Waals surface area contributed by atoms with Crippen LogP contribution in [-0.4, -0.2) is 8.97 Å². The van der Waals surface area contributed by atoms with E-state index in [1.807, 2.05) is 0 Å². The van der Waals surface area contributed by atoms with E-state index in [1.54, 1.807) is 0 Å². The fourth-order valence-corrected chi connectivity index (χ4v) is 7.58. The van der Waals surface area contributed by atoms with Crippen LogP contribution in [0.5, 0.6) is 0 Å². The Morgan fingerprint density at radius 3 is 1.50 bits per heavy atom. The van der Waals surface area contributed by atoms with Gasteiger partial charge in [0.15, 0.2) is 0 Å². The van der Waals surface area contributed by atoms with E-state index in [0.29, 0.717) is 0 Å². The summed E-state index contributed by atoms with van der Waals surface area (Å²) in [6, 6.07) is 57.7. The van der Waals surface area contributed by atoms with Crippen molar-refractivity contribution < 1.29 is 0 Å². The van der Waals surface area contributed by atoms with Gasteiger partial charge in [-0.1, -0.05) is 115 Å². The summed E-state index contributed by atoms with van der Waals surface area (Å²) in [7, 11) is 0. The second-order valence-corrected chi connectivity index (χ2v) is 11.8. The highest BCUT2D eigenvalue weighted by molar-refractivity contribution is 6.33. The largest absolute Gasteiger partial charge is 0.309 e. The highest BCUT2D eigenvalue weighted by atomic mass is 15.0. The van der Waals surface area contributed by atoms with Gasteiger partial charge in [-0.25, -0.2) is 0 Å². The molecule has 0 radical (unpaired) electrons. The Bertz CT molecular complexity index is 2630. The predicted molar refractivity (Wildman–Crippen MR) is 186 cm³/mol. The van der Waals surface area contributed by atoms with Crippen LogP contribution in [0.4, 0.5) is 0 Å². The first-order valence-corrected chi connectivity index (χ1v) is 15.2. The van der Waals surface area contributed by atoms with Gasteiger partial charge < -0.3 is 8.97 Å². The topological polar surface area (TPSA) is 9.34 Å². The standard InChI is InChI=1S/C42H26N2/c1-3-12-27(13-4-1)29-24-30(28-14-5-2-6-15-28)26-31(25-29)43-38-21-11-18-34-32-16-7-9-19-36(32)44-37-20-10-8-17-33(37)35-22-23-39(43)41(40(34)38)42(35)44/h1-26H. The number of para-hydroxylation sites is 2. The van der Waals surface area contributed by atoms with Crippen LogP contribution in [0.15, 0.2) is 158 Å². The Hall–Kier alpha value is -5.86. The quantitative estimate of drug-likeness (QED) is 0.204. The van der Waals surface area contributed by atoms with E-state index in [0.717, 1.165) is 0 Å². The van der Waals surface area contributed by atoms with Crippen LogP contribution in [0.1, 0.15) is 0 Å². The minimum absolute atomic E-state index is 1.17. The monoisotopic (exact) mass is 558 g/mol. The molecule has 7 aromatic carbocycles. The summed E-state index contributed by atoms with van der Waals surface area (Å²) in [5.74, 6) is 0. The highest BCUT2D eigenvalue weighted by Crippen LogP contribution is 2.45. The van der Waals surface area contributed by atoms with E-state index >= 15 is 0 Å². The van der Waals surface area contributed by atoms with Crippen molar-refractivity contribution in [2.45, 2.75) is 0 Å². The van der Waals surface area contributed by atoms with E-state index in [-0.39, 0.29) is 0 Å². The first-order chi connectivity index (χ1) is 21.8. The van der Waals surface area contributed by atoms with Crippen molar-refractivity contribution in [3.8, 4) is 27.9 Å². The molecule has 3 heterocycles. The van der Waals surface area contributed by atoms with Crippen molar-refractivity contribution in [2.75, 3.05) is 0 Å². The molecule has 0 bridgehead atoms. The van der Waals surface area contributed by atoms with E-state index in [9.17, 15) is 0 Å². The van der Waals surface area contributed by atoms with Gasteiger partial charge in [0, 0.05) is 32.6 Å². The Kier molecular flexibility index (Phi) is 4.75. The molecular weight excluding hydrogens is 532 g/mol. The smallest absolute Gasteiger partial charge is 0.0641 e. The van der Waals surface area contributed by atoms with Crippen molar-refractivity contribution in [3.05, 3.63) is 158 Å². The minimum atomic E-state index is 1.17. The molecule has 3 aromatic heterocycles. The van der Waals surface area contributed by atoms with Gasteiger partial charge in [0.25, 0.3) is 0 Å². The number of aromatic nitrogens is 2. The number of fused-ring (bicyclic) bond motifs is 6. The zero-order valence-electron chi connectivity index (χ0n) is 23.9. The number of nitrogens with zero attached hydrogens (tertiary/aromatic N) is 2. The van der Waals surface area contributed by atoms with Crippen LogP contribution < -0.4 is 0 Å². The molecule has 0 aliphatic rings. The molecule has 0 N–H and O–H groups in total. The van der Waals surface area contributed by atoms with Crippen molar-refractivity contribution in [2.24, 2.45) is 0 Å². The fraction of sp³-hybridized carbons (Fsp3) is 0. The normalized spacial score (nSPS) is 12.1. The first-order valence-electron chi connectivity index (χ1n) is 15.2. The average Bonchev–Trinajstić information content (AvgIpc) is 3.57. The molecule has 44 heavy (non-hydrogen) atoms. The fourth-order valence-electron chi connectivity index (χ4n) is 7.58. The van der Waals surface area contributed by atoms with Gasteiger partial charge in [-0.3, -0.25) is 0 Å². The Labute approximate surface area is 254 Å². The van der Waals surface area contributed by atoms with Gasteiger partial charge >= 0.3 is 0 Å². The van der Waals surface area contributed by atoms with E-state index in [1.165, 1.54) is 87.8 Å². The average molecular weight is 559 g/mol. The summed E-state index contributed by atoms with van der Waals surface area (Å²) >= 11 is 0. The maximum absolute atomic E-state index is 2.50. The van der Waals surface area contributed by atoms with Crippen molar-refractivity contribution in [3.63, 3.8) is 0 Å². The summed E-state index contributed by atoms with van der Waals surface area (Å²) in [6.45, 7) is 0. The van der Waals surface area contributed by atoms with Gasteiger partial charge in [-0.2, -0.15) is 0 Å². The molecule has 2 heteroatoms. The molecule has 204 valence electrons. The van der Waals surface area contributed by atoms with E-state index in [2.05, 4.69) is 167 Å². The minimum Gasteiger partial charge on any atom is -0.309 e. The third-order valence-electron chi connectivity index (χ3n) is 9.41. The molecular formula is C42H26N2. The SMILES string of the molecule is c1ccc(-c2cc(-c3ccccc3)cc(-n3c4cccc5c6ccccc6n6c7ccccc7c7ccc3c(c54)c76)c2)cc1. The third kappa shape index (κ3) is 3.14. The molecule has 0 aliphatic carbocycles. The van der Waals surface area contributed by atoms with Crippen LogP contribution in [0.25, 0.3) is 87.8 Å². The molecule has 2 nitrogen and oxygen atoms in total.